The molecule has 0 aliphatic rings. The van der Waals surface area contributed by atoms with Crippen molar-refractivity contribution in [2.24, 2.45) is 17.3 Å². The van der Waals surface area contributed by atoms with Crippen molar-refractivity contribution in [2.45, 2.75) is 78.3 Å². The van der Waals surface area contributed by atoms with Crippen molar-refractivity contribution < 1.29 is 32.6 Å². The lowest BCUT2D eigenvalue weighted by Gasteiger charge is -2.31. The molecule has 0 aromatic heterocycles. The molecule has 0 aliphatic heterocycles. The predicted molar refractivity (Wildman–Crippen MR) is 168 cm³/mol. The summed E-state index contributed by atoms with van der Waals surface area (Å²) in [5, 5.41) is 16.8. The Morgan fingerprint density at radius 2 is 1.58 bits per heavy atom. The first kappa shape index (κ1) is 35.8. The number of carbonyl (C=O) groups excluding carboxylic acids is 3. The largest absolute Gasteiger partial charge is 0.467 e. The van der Waals surface area contributed by atoms with E-state index in [4.69, 9.17) is 4.74 Å². The SMILES string of the molecule is COC(=O)[C@@H](NC(=O)[C@H](C)C[C@H](O)[C@H](CC(C)C)NC(=O)c1cccc(N(C)S(=O)(=O)Cc2ccccc2)c1)C(C)(C)C. The number of methoxy groups -OCH3 is 1. The van der Waals surface area contributed by atoms with Gasteiger partial charge < -0.3 is 20.5 Å². The third-order valence-electron chi connectivity index (χ3n) is 7.22. The van der Waals surface area contributed by atoms with Gasteiger partial charge in [-0.2, -0.15) is 0 Å². The first-order chi connectivity index (χ1) is 20.0. The lowest BCUT2D eigenvalue weighted by molar-refractivity contribution is -0.148. The number of aliphatic hydroxyl groups excluding tert-OH is 1. The molecule has 0 saturated heterocycles. The Bertz CT molecular complexity index is 1340. The highest BCUT2D eigenvalue weighted by Gasteiger charge is 2.35. The number of aliphatic hydroxyl groups is 1. The minimum Gasteiger partial charge on any atom is -0.467 e. The third-order valence-corrected chi connectivity index (χ3v) is 8.96. The maximum absolute atomic E-state index is 13.3. The van der Waals surface area contributed by atoms with Crippen LogP contribution in [0.25, 0.3) is 0 Å². The van der Waals surface area contributed by atoms with Gasteiger partial charge in [0.05, 0.1) is 30.7 Å². The van der Waals surface area contributed by atoms with Crippen LogP contribution in [0.3, 0.4) is 0 Å². The first-order valence-corrected chi connectivity index (χ1v) is 16.0. The van der Waals surface area contributed by atoms with Gasteiger partial charge in [0.2, 0.25) is 15.9 Å². The van der Waals surface area contributed by atoms with Gasteiger partial charge >= 0.3 is 5.97 Å². The standard InChI is InChI=1S/C32H47N3O7S/c1-21(2)17-26(27(36)18-22(3)29(37)34-28(31(39)42-8)32(4,5)6)33-30(38)24-15-12-16-25(19-24)35(7)43(40,41)20-23-13-10-9-11-14-23/h9-16,19,21-22,26-28,36H,17-18,20H2,1-8H3,(H,33,38)(H,34,37)/t22-,26+,27+,28-/m1/s1. The molecule has 2 rings (SSSR count). The minimum absolute atomic E-state index is 0.0437. The van der Waals surface area contributed by atoms with Crippen molar-refractivity contribution in [3.8, 4) is 0 Å². The van der Waals surface area contributed by atoms with Gasteiger partial charge in [0.15, 0.2) is 0 Å². The summed E-state index contributed by atoms with van der Waals surface area (Å²) in [7, 11) is -1.01. The summed E-state index contributed by atoms with van der Waals surface area (Å²) in [4.78, 5) is 38.5. The molecule has 0 spiro atoms. The molecule has 0 aliphatic carbocycles. The molecule has 0 bridgehead atoms. The van der Waals surface area contributed by atoms with E-state index in [0.717, 1.165) is 4.31 Å². The number of nitrogens with one attached hydrogen (secondary N) is 2. The zero-order chi connectivity index (χ0) is 32.5. The van der Waals surface area contributed by atoms with Crippen LogP contribution in [-0.4, -0.2) is 63.7 Å². The molecular formula is C32H47N3O7S. The highest BCUT2D eigenvalue weighted by atomic mass is 32.2. The summed E-state index contributed by atoms with van der Waals surface area (Å²) >= 11 is 0. The second kappa shape index (κ2) is 15.3. The second-order valence-electron chi connectivity index (χ2n) is 12.5. The van der Waals surface area contributed by atoms with Gasteiger partial charge in [0, 0.05) is 18.5 Å². The maximum Gasteiger partial charge on any atom is 0.328 e. The Morgan fingerprint density at radius 1 is 0.953 bits per heavy atom. The molecule has 3 N–H and O–H groups in total. The molecule has 0 unspecified atom stereocenters. The molecule has 4 atom stereocenters. The molecule has 0 saturated carbocycles. The maximum atomic E-state index is 13.3. The number of esters is 1. The lowest BCUT2D eigenvalue weighted by Crippen LogP contribution is -2.52. The van der Waals surface area contributed by atoms with Crippen LogP contribution in [0.5, 0.6) is 0 Å². The summed E-state index contributed by atoms with van der Waals surface area (Å²) in [5.74, 6) is -2.18. The topological polar surface area (TPSA) is 142 Å². The number of carbonyl (C=O) groups is 3. The molecule has 0 radical (unpaired) electrons. The Labute approximate surface area is 256 Å². The van der Waals surface area contributed by atoms with Crippen LogP contribution >= 0.6 is 0 Å². The van der Waals surface area contributed by atoms with Crippen LogP contribution in [0.4, 0.5) is 5.69 Å². The van der Waals surface area contributed by atoms with Gasteiger partial charge in [-0.25, -0.2) is 13.2 Å². The number of anilines is 1. The van der Waals surface area contributed by atoms with Gasteiger partial charge in [-0.3, -0.25) is 13.9 Å². The van der Waals surface area contributed by atoms with Crippen molar-refractivity contribution in [1.29, 1.82) is 0 Å². The number of rotatable bonds is 14. The summed E-state index contributed by atoms with van der Waals surface area (Å²) in [6.45, 7) is 11.0. The summed E-state index contributed by atoms with van der Waals surface area (Å²) in [5.41, 5.74) is 0.625. The van der Waals surface area contributed by atoms with Crippen molar-refractivity contribution in [3.63, 3.8) is 0 Å². The van der Waals surface area contributed by atoms with E-state index in [1.54, 1.807) is 49.4 Å². The minimum atomic E-state index is -3.71. The molecule has 10 nitrogen and oxygen atoms in total. The normalized spacial score (nSPS) is 14.7. The van der Waals surface area contributed by atoms with Gasteiger partial charge in [0.1, 0.15) is 6.04 Å². The Balaban J connectivity index is 2.16. The van der Waals surface area contributed by atoms with Crippen LogP contribution in [0.2, 0.25) is 0 Å². The zero-order valence-electron chi connectivity index (χ0n) is 26.5. The number of amides is 2. The van der Waals surface area contributed by atoms with Crippen LogP contribution in [0.1, 0.15) is 70.3 Å². The van der Waals surface area contributed by atoms with Crippen molar-refractivity contribution in [3.05, 3.63) is 65.7 Å². The van der Waals surface area contributed by atoms with Gasteiger partial charge in [-0.15, -0.1) is 0 Å². The van der Waals surface area contributed by atoms with E-state index in [1.807, 2.05) is 40.7 Å². The molecule has 11 heteroatoms. The number of ether oxygens (including phenoxy) is 1. The predicted octanol–water partition coefficient (Wildman–Crippen LogP) is 3.89. The second-order valence-corrected chi connectivity index (χ2v) is 14.5. The van der Waals surface area contributed by atoms with Gasteiger partial charge in [-0.05, 0) is 47.9 Å². The summed E-state index contributed by atoms with van der Waals surface area (Å²) in [6.07, 6.45) is -0.573. The van der Waals surface area contributed by atoms with E-state index >= 15 is 0 Å². The summed E-state index contributed by atoms with van der Waals surface area (Å²) < 4.78 is 32.1. The van der Waals surface area contributed by atoms with Crippen LogP contribution in [-0.2, 0) is 30.1 Å². The highest BCUT2D eigenvalue weighted by Crippen LogP contribution is 2.23. The average molecular weight is 618 g/mol. The number of hydrogen-bond donors (Lipinski definition) is 3. The Hall–Kier alpha value is -3.44. The average Bonchev–Trinajstić information content (AvgIpc) is 2.93. The van der Waals surface area contributed by atoms with Crippen molar-refractivity contribution in [2.75, 3.05) is 18.5 Å². The zero-order valence-corrected chi connectivity index (χ0v) is 27.3. The highest BCUT2D eigenvalue weighted by molar-refractivity contribution is 7.92. The fourth-order valence-electron chi connectivity index (χ4n) is 4.62. The van der Waals surface area contributed by atoms with E-state index in [-0.39, 0.29) is 23.7 Å². The van der Waals surface area contributed by atoms with E-state index in [2.05, 4.69) is 10.6 Å². The van der Waals surface area contributed by atoms with Gasteiger partial charge in [-0.1, -0.05) is 77.9 Å². The number of nitrogens with zero attached hydrogens (tertiary/aromatic N) is 1. The molecule has 0 fully saturated rings. The van der Waals surface area contributed by atoms with Crippen LogP contribution in [0, 0.1) is 17.3 Å². The number of benzene rings is 2. The fraction of sp³-hybridized carbons (Fsp3) is 0.531. The van der Waals surface area contributed by atoms with Crippen molar-refractivity contribution >= 4 is 33.5 Å². The smallest absolute Gasteiger partial charge is 0.328 e. The molecule has 2 aromatic rings. The first-order valence-electron chi connectivity index (χ1n) is 14.4. The van der Waals surface area contributed by atoms with Gasteiger partial charge in [0.25, 0.3) is 5.91 Å². The molecule has 2 amide bonds. The van der Waals surface area contributed by atoms with E-state index in [0.29, 0.717) is 17.7 Å². The monoisotopic (exact) mass is 617 g/mol. The molecule has 0 heterocycles. The molecule has 43 heavy (non-hydrogen) atoms. The van der Waals surface area contributed by atoms with E-state index in [9.17, 15) is 27.9 Å². The number of hydrogen-bond acceptors (Lipinski definition) is 7. The van der Waals surface area contributed by atoms with Crippen LogP contribution < -0.4 is 14.9 Å². The Kier molecular flexibility index (Phi) is 12.8. The fourth-order valence-corrected chi connectivity index (χ4v) is 5.86. The summed E-state index contributed by atoms with van der Waals surface area (Å²) in [6, 6.07) is 13.6. The van der Waals surface area contributed by atoms with E-state index < -0.39 is 57.3 Å². The van der Waals surface area contributed by atoms with E-state index in [1.165, 1.54) is 20.2 Å². The molecule has 2 aromatic carbocycles. The number of sulfonamides is 1. The quantitative estimate of drug-likeness (QED) is 0.273. The van der Waals surface area contributed by atoms with Crippen molar-refractivity contribution in [1.82, 2.24) is 10.6 Å². The lowest BCUT2D eigenvalue weighted by atomic mass is 9.86. The Morgan fingerprint density at radius 3 is 2.14 bits per heavy atom. The third kappa shape index (κ3) is 10.7. The van der Waals surface area contributed by atoms with Crippen LogP contribution in [0.15, 0.2) is 54.6 Å². The molecule has 238 valence electrons. The molecular weight excluding hydrogens is 570 g/mol.